The van der Waals surface area contributed by atoms with E-state index in [1.165, 1.54) is 0 Å². The number of aromatic nitrogens is 1. The number of fused-ring (bicyclic) bond motifs is 1. The molecular weight excluding hydrogens is 322 g/mol. The summed E-state index contributed by atoms with van der Waals surface area (Å²) in [6, 6.07) is 16.5. The monoisotopic (exact) mass is 337 g/mol. The molecule has 24 heavy (non-hydrogen) atoms. The predicted molar refractivity (Wildman–Crippen MR) is 98.2 cm³/mol. The maximum atomic E-state index is 12.0. The van der Waals surface area contributed by atoms with Gasteiger partial charge in [-0.05, 0) is 0 Å². The van der Waals surface area contributed by atoms with Crippen molar-refractivity contribution in [1.82, 2.24) is 4.98 Å². The van der Waals surface area contributed by atoms with Gasteiger partial charge in [0, 0.05) is 16.3 Å². The highest BCUT2D eigenvalue weighted by Crippen LogP contribution is 2.30. The number of nitrogens with two attached hydrogens (primary N) is 1. The third-order valence-corrected chi connectivity index (χ3v) is 4.16. The summed E-state index contributed by atoms with van der Waals surface area (Å²) in [6.07, 6.45) is 0. The van der Waals surface area contributed by atoms with Crippen LogP contribution in [-0.2, 0) is 0 Å². The molecule has 0 aliphatic carbocycles. The van der Waals surface area contributed by atoms with E-state index in [0.717, 1.165) is 22.5 Å². The number of nitrogens with one attached hydrogen (secondary N) is 2. The summed E-state index contributed by atoms with van der Waals surface area (Å²) in [5.41, 5.74) is 6.51. The Kier molecular flexibility index (Phi) is 4.72. The highest BCUT2D eigenvalue weighted by molar-refractivity contribution is 8.14. The molecule has 6 nitrogen and oxygen atoms in total. The molecule has 0 bridgehead atoms. The number of carbonyl (C=O) groups is 1. The van der Waals surface area contributed by atoms with Gasteiger partial charge >= 0.3 is 0 Å². The number of hydrogen-bond acceptors (Lipinski definition) is 5. The Hall–Kier alpha value is -2.93. The number of carbonyl (C=O) groups excluding carboxylic acids is 1. The van der Waals surface area contributed by atoms with E-state index in [-0.39, 0.29) is 16.7 Å². The highest BCUT2D eigenvalue weighted by Gasteiger charge is 2.09. The Bertz CT molecular complexity index is 917. The van der Waals surface area contributed by atoms with Crippen molar-refractivity contribution in [3.8, 4) is 0 Å². The predicted octanol–water partition coefficient (Wildman–Crippen LogP) is 4.38. The third-order valence-electron chi connectivity index (χ3n) is 3.40. The minimum Gasteiger partial charge on any atom is -0.385 e. The maximum Gasteiger partial charge on any atom is 0.202 e. The number of H-pyrrole nitrogens is 1. The lowest BCUT2D eigenvalue weighted by Crippen LogP contribution is -2.03. The molecule has 0 saturated carbocycles. The van der Waals surface area contributed by atoms with Crippen molar-refractivity contribution in [2.75, 3.05) is 11.5 Å². The Morgan fingerprint density at radius 3 is 2.50 bits per heavy atom. The first kappa shape index (κ1) is 15.9. The number of amidine groups is 1. The van der Waals surface area contributed by atoms with E-state index in [9.17, 15) is 4.79 Å². The molecule has 1 aromatic heterocycles. The molecular formula is C17H15N5OS. The highest BCUT2D eigenvalue weighted by atomic mass is 32.2. The molecule has 120 valence electrons. The largest absolute Gasteiger partial charge is 0.385 e. The number of azo groups is 1. The van der Waals surface area contributed by atoms with E-state index in [1.807, 2.05) is 42.5 Å². The zero-order valence-electron chi connectivity index (χ0n) is 12.7. The van der Waals surface area contributed by atoms with Crippen molar-refractivity contribution in [3.63, 3.8) is 0 Å². The fourth-order valence-corrected chi connectivity index (χ4v) is 2.76. The van der Waals surface area contributed by atoms with Crippen molar-refractivity contribution in [1.29, 1.82) is 5.41 Å². The average Bonchev–Trinajstić information content (AvgIpc) is 2.95. The lowest BCUT2D eigenvalue weighted by Gasteiger charge is -1.99. The summed E-state index contributed by atoms with van der Waals surface area (Å²) in [6.45, 7) is 0. The molecule has 0 saturated heterocycles. The zero-order valence-corrected chi connectivity index (χ0v) is 13.5. The van der Waals surface area contributed by atoms with Gasteiger partial charge in [-0.2, -0.15) is 0 Å². The maximum absolute atomic E-state index is 12.0. The molecule has 1 heterocycles. The van der Waals surface area contributed by atoms with Crippen LogP contribution in [0.4, 0.5) is 11.6 Å². The molecule has 0 fully saturated rings. The quantitative estimate of drug-likeness (QED) is 0.284. The third kappa shape index (κ3) is 3.52. The van der Waals surface area contributed by atoms with Crippen LogP contribution in [0, 0.1) is 5.41 Å². The van der Waals surface area contributed by atoms with Gasteiger partial charge in [0.15, 0.2) is 11.6 Å². The first-order chi connectivity index (χ1) is 11.6. The molecule has 0 spiro atoms. The molecule has 0 aliphatic rings. The minimum atomic E-state index is -0.0462. The van der Waals surface area contributed by atoms with Crippen LogP contribution >= 0.6 is 11.8 Å². The molecule has 2 aromatic carbocycles. The normalized spacial score (nSPS) is 11.2. The van der Waals surface area contributed by atoms with Crippen LogP contribution in [0.25, 0.3) is 10.8 Å². The second kappa shape index (κ2) is 7.10. The Morgan fingerprint density at radius 1 is 1.08 bits per heavy atom. The molecule has 0 amide bonds. The van der Waals surface area contributed by atoms with Crippen molar-refractivity contribution in [2.24, 2.45) is 10.2 Å². The standard InChI is InChI=1S/C17H15N5OS/c18-15-12-8-4-5-9-13(12)16(20-15)21-22-17(19)24-10-14(23)11-6-2-1-3-7-11/h1-9,19-20H,10,18H2/b19-17?,22-21+. The van der Waals surface area contributed by atoms with Crippen molar-refractivity contribution in [2.45, 2.75) is 0 Å². The molecule has 3 rings (SSSR count). The van der Waals surface area contributed by atoms with Crippen LogP contribution < -0.4 is 5.73 Å². The summed E-state index contributed by atoms with van der Waals surface area (Å²) in [7, 11) is 0. The zero-order chi connectivity index (χ0) is 16.9. The van der Waals surface area contributed by atoms with Gasteiger partial charge in [0.1, 0.15) is 5.82 Å². The van der Waals surface area contributed by atoms with E-state index in [1.54, 1.807) is 12.1 Å². The van der Waals surface area contributed by atoms with E-state index >= 15 is 0 Å². The number of benzene rings is 2. The van der Waals surface area contributed by atoms with Crippen LogP contribution in [0.2, 0.25) is 0 Å². The number of rotatable bonds is 4. The number of aromatic amines is 1. The first-order valence-corrected chi connectivity index (χ1v) is 8.21. The summed E-state index contributed by atoms with van der Waals surface area (Å²) in [5, 5.41) is 17.4. The number of Topliss-reactive ketones (excluding diaryl/α,β-unsaturated/α-hetero) is 1. The van der Waals surface area contributed by atoms with Gasteiger partial charge in [0.25, 0.3) is 0 Å². The van der Waals surface area contributed by atoms with Gasteiger partial charge in [-0.15, -0.1) is 10.2 Å². The van der Waals surface area contributed by atoms with E-state index < -0.39 is 0 Å². The average molecular weight is 337 g/mol. The van der Waals surface area contributed by atoms with Gasteiger partial charge in [-0.25, -0.2) is 0 Å². The molecule has 3 aromatic rings. The second-order valence-electron chi connectivity index (χ2n) is 5.02. The molecule has 0 unspecified atom stereocenters. The van der Waals surface area contributed by atoms with E-state index in [4.69, 9.17) is 11.1 Å². The van der Waals surface area contributed by atoms with Crippen molar-refractivity contribution in [3.05, 3.63) is 60.2 Å². The van der Waals surface area contributed by atoms with Crippen molar-refractivity contribution >= 4 is 45.1 Å². The molecule has 0 aliphatic heterocycles. The van der Waals surface area contributed by atoms with E-state index in [2.05, 4.69) is 15.2 Å². The summed E-state index contributed by atoms with van der Waals surface area (Å²) in [4.78, 5) is 14.9. The number of nitrogens with zero attached hydrogens (tertiary/aromatic N) is 2. The van der Waals surface area contributed by atoms with Gasteiger partial charge in [0.05, 0.1) is 5.75 Å². The molecule has 7 heteroatoms. The summed E-state index contributed by atoms with van der Waals surface area (Å²) >= 11 is 1.04. The van der Waals surface area contributed by atoms with Crippen molar-refractivity contribution < 1.29 is 4.79 Å². The minimum absolute atomic E-state index is 0.0310. The van der Waals surface area contributed by atoms with E-state index in [0.29, 0.717) is 17.2 Å². The Morgan fingerprint density at radius 2 is 1.75 bits per heavy atom. The van der Waals surface area contributed by atoms with Crippen LogP contribution in [-0.4, -0.2) is 21.7 Å². The number of thioether (sulfide) groups is 1. The van der Waals surface area contributed by atoms with Gasteiger partial charge < -0.3 is 10.7 Å². The fourth-order valence-electron chi connectivity index (χ4n) is 2.23. The Balaban J connectivity index is 1.64. The summed E-state index contributed by atoms with van der Waals surface area (Å²) in [5.74, 6) is 1.12. The fraction of sp³-hybridized carbons (Fsp3) is 0.0588. The second-order valence-corrected chi connectivity index (χ2v) is 5.98. The first-order valence-electron chi connectivity index (χ1n) is 7.22. The molecule has 0 atom stereocenters. The van der Waals surface area contributed by atoms with Crippen LogP contribution in [0.5, 0.6) is 0 Å². The van der Waals surface area contributed by atoms with Crippen LogP contribution in [0.1, 0.15) is 10.4 Å². The van der Waals surface area contributed by atoms with Gasteiger partial charge in [0.2, 0.25) is 5.17 Å². The smallest absolute Gasteiger partial charge is 0.202 e. The molecule has 4 N–H and O–H groups in total. The number of anilines is 1. The SMILES string of the molecule is N=C(/N=N/c1[nH]c(N)c2ccccc12)SCC(=O)c1ccccc1. The van der Waals surface area contributed by atoms with Crippen LogP contribution in [0.15, 0.2) is 64.8 Å². The topological polar surface area (TPSA) is 107 Å². The van der Waals surface area contributed by atoms with Gasteiger partial charge in [-0.1, -0.05) is 66.4 Å². The lowest BCUT2D eigenvalue weighted by molar-refractivity contribution is 0.102. The number of ketones is 1. The Labute approximate surface area is 142 Å². The van der Waals surface area contributed by atoms with Gasteiger partial charge in [-0.3, -0.25) is 10.2 Å². The number of nitrogen functional groups attached to an aromatic ring is 1. The molecule has 0 radical (unpaired) electrons. The van der Waals surface area contributed by atoms with Crippen LogP contribution in [0.3, 0.4) is 0 Å². The summed E-state index contributed by atoms with van der Waals surface area (Å²) < 4.78 is 0. The lowest BCUT2D eigenvalue weighted by atomic mass is 10.2. The number of hydrogen-bond donors (Lipinski definition) is 3.